The van der Waals surface area contributed by atoms with Crippen molar-refractivity contribution >= 4 is 29.0 Å². The van der Waals surface area contributed by atoms with Gasteiger partial charge in [0.05, 0.1) is 11.5 Å². The van der Waals surface area contributed by atoms with E-state index in [2.05, 4.69) is 0 Å². The normalized spacial score (nSPS) is 18.7. The molecule has 0 amide bonds. The summed E-state index contributed by atoms with van der Waals surface area (Å²) in [4.78, 5) is 40.4. The molecule has 0 heterocycles. The average molecular weight is 429 g/mol. The van der Waals surface area contributed by atoms with E-state index in [0.717, 1.165) is 5.56 Å². The molecule has 0 radical (unpaired) electrons. The average Bonchev–Trinajstić information content (AvgIpc) is 2.80. The van der Waals surface area contributed by atoms with Crippen molar-refractivity contribution in [3.8, 4) is 0 Å². The minimum absolute atomic E-state index is 0.130. The zero-order chi connectivity index (χ0) is 22.0. The van der Waals surface area contributed by atoms with E-state index >= 15 is 0 Å². The van der Waals surface area contributed by atoms with Crippen molar-refractivity contribution in [1.29, 1.82) is 0 Å². The number of Topliss-reactive ketones (excluding diaryl/α,β-unsaturated/α-hetero) is 3. The summed E-state index contributed by atoms with van der Waals surface area (Å²) >= 11 is 6.05. The molecule has 4 rings (SSSR count). The zero-order valence-corrected chi connectivity index (χ0v) is 17.8. The molecule has 0 spiro atoms. The first-order valence-corrected chi connectivity index (χ1v) is 10.5. The second kappa shape index (κ2) is 8.83. The SMILES string of the molecule is CC1=C(C(=O)c2ccccc2)C(=O)C(C(=O)c2ccccc2)C(c2ccc(Cl)cc2)C1. The quantitative estimate of drug-likeness (QED) is 0.280. The molecule has 0 fully saturated rings. The number of allylic oxidation sites excluding steroid dienone is 2. The maximum atomic E-state index is 13.7. The van der Waals surface area contributed by atoms with Crippen LogP contribution in [0.1, 0.15) is 45.5 Å². The highest BCUT2D eigenvalue weighted by atomic mass is 35.5. The van der Waals surface area contributed by atoms with Crippen molar-refractivity contribution < 1.29 is 14.4 Å². The zero-order valence-electron chi connectivity index (χ0n) is 17.0. The Morgan fingerprint density at radius 2 is 1.35 bits per heavy atom. The van der Waals surface area contributed by atoms with Gasteiger partial charge in [0.25, 0.3) is 0 Å². The third kappa shape index (κ3) is 4.14. The van der Waals surface area contributed by atoms with E-state index in [1.165, 1.54) is 0 Å². The number of ketones is 3. The van der Waals surface area contributed by atoms with Gasteiger partial charge in [-0.3, -0.25) is 14.4 Å². The fourth-order valence-corrected chi connectivity index (χ4v) is 4.37. The number of halogens is 1. The topological polar surface area (TPSA) is 51.2 Å². The second-order valence-corrected chi connectivity index (χ2v) is 8.22. The summed E-state index contributed by atoms with van der Waals surface area (Å²) in [5, 5.41) is 0.587. The lowest BCUT2D eigenvalue weighted by Gasteiger charge is -2.32. The summed E-state index contributed by atoms with van der Waals surface area (Å²) in [5.74, 6) is -2.33. The van der Waals surface area contributed by atoms with Crippen molar-refractivity contribution in [2.75, 3.05) is 0 Å². The summed E-state index contributed by atoms with van der Waals surface area (Å²) in [6.07, 6.45) is 0.449. The molecule has 0 N–H and O–H groups in total. The maximum Gasteiger partial charge on any atom is 0.196 e. The first-order valence-electron chi connectivity index (χ1n) is 10.2. The summed E-state index contributed by atoms with van der Waals surface area (Å²) in [5.41, 5.74) is 2.60. The molecule has 1 aliphatic rings. The Kier molecular flexibility index (Phi) is 5.97. The van der Waals surface area contributed by atoms with Gasteiger partial charge in [0.1, 0.15) is 0 Å². The number of rotatable bonds is 5. The molecule has 31 heavy (non-hydrogen) atoms. The molecule has 2 atom stereocenters. The molecule has 2 unspecified atom stereocenters. The molecule has 3 nitrogen and oxygen atoms in total. The highest BCUT2D eigenvalue weighted by Crippen LogP contribution is 2.41. The van der Waals surface area contributed by atoms with E-state index in [4.69, 9.17) is 11.6 Å². The van der Waals surface area contributed by atoms with Gasteiger partial charge in [0.2, 0.25) is 0 Å². The smallest absolute Gasteiger partial charge is 0.196 e. The Bertz CT molecular complexity index is 1160. The highest BCUT2D eigenvalue weighted by molar-refractivity contribution is 6.32. The number of hydrogen-bond acceptors (Lipinski definition) is 3. The van der Waals surface area contributed by atoms with Gasteiger partial charge in [-0.1, -0.05) is 90.0 Å². The third-order valence-electron chi connectivity index (χ3n) is 5.79. The van der Waals surface area contributed by atoms with Crippen LogP contribution in [0, 0.1) is 5.92 Å². The number of hydrogen-bond donors (Lipinski definition) is 0. The second-order valence-electron chi connectivity index (χ2n) is 7.78. The van der Waals surface area contributed by atoms with E-state index in [1.807, 2.05) is 24.3 Å². The molecule has 3 aromatic carbocycles. The lowest BCUT2D eigenvalue weighted by atomic mass is 9.68. The number of benzene rings is 3. The van der Waals surface area contributed by atoms with Gasteiger partial charge < -0.3 is 0 Å². The van der Waals surface area contributed by atoms with Gasteiger partial charge in [-0.15, -0.1) is 0 Å². The van der Waals surface area contributed by atoms with Crippen molar-refractivity contribution in [1.82, 2.24) is 0 Å². The Labute approximate surface area is 186 Å². The van der Waals surface area contributed by atoms with Crippen LogP contribution in [0.2, 0.25) is 5.02 Å². The molecular formula is C27H21ClO3. The number of carbonyl (C=O) groups excluding carboxylic acids is 3. The van der Waals surface area contributed by atoms with Gasteiger partial charge in [-0.2, -0.15) is 0 Å². The summed E-state index contributed by atoms with van der Waals surface area (Å²) in [7, 11) is 0. The van der Waals surface area contributed by atoms with E-state index in [1.54, 1.807) is 67.6 Å². The van der Waals surface area contributed by atoms with Crippen molar-refractivity contribution in [2.24, 2.45) is 5.92 Å². The van der Waals surface area contributed by atoms with Crippen LogP contribution in [0.25, 0.3) is 0 Å². The van der Waals surface area contributed by atoms with Crippen molar-refractivity contribution in [2.45, 2.75) is 19.3 Å². The molecule has 0 aliphatic heterocycles. The molecule has 0 saturated heterocycles. The Morgan fingerprint density at radius 1 is 0.806 bits per heavy atom. The lowest BCUT2D eigenvalue weighted by molar-refractivity contribution is -0.118. The first kappa shape index (κ1) is 21.0. The van der Waals surface area contributed by atoms with Crippen molar-refractivity contribution in [3.05, 3.63) is 118 Å². The molecule has 0 aromatic heterocycles. The van der Waals surface area contributed by atoms with Gasteiger partial charge in [0, 0.05) is 22.1 Å². The number of carbonyl (C=O) groups is 3. The fraction of sp³-hybridized carbons (Fsp3) is 0.148. The third-order valence-corrected chi connectivity index (χ3v) is 6.04. The van der Waals surface area contributed by atoms with Gasteiger partial charge in [-0.05, 0) is 31.0 Å². The van der Waals surface area contributed by atoms with Crippen molar-refractivity contribution in [3.63, 3.8) is 0 Å². The van der Waals surface area contributed by atoms with E-state index in [-0.39, 0.29) is 23.1 Å². The van der Waals surface area contributed by atoms with Crippen LogP contribution in [0.3, 0.4) is 0 Å². The van der Waals surface area contributed by atoms with Crippen LogP contribution in [-0.4, -0.2) is 17.3 Å². The van der Waals surface area contributed by atoms with Gasteiger partial charge >= 0.3 is 0 Å². The molecule has 4 heteroatoms. The van der Waals surface area contributed by atoms with Crippen LogP contribution >= 0.6 is 11.6 Å². The highest BCUT2D eigenvalue weighted by Gasteiger charge is 2.43. The van der Waals surface area contributed by atoms with Gasteiger partial charge in [0.15, 0.2) is 17.3 Å². The minimum Gasteiger partial charge on any atom is -0.293 e. The standard InChI is InChI=1S/C27H21ClO3/c1-17-16-22(18-12-14-21(28)15-13-18)24(26(30)20-10-6-3-7-11-20)27(31)23(17)25(29)19-8-4-2-5-9-19/h2-15,22,24H,16H2,1H3. The Hall–Kier alpha value is -3.30. The summed E-state index contributed by atoms with van der Waals surface area (Å²) in [6, 6.07) is 24.7. The predicted octanol–water partition coefficient (Wildman–Crippen LogP) is 6.09. The largest absolute Gasteiger partial charge is 0.293 e. The molecule has 1 aliphatic carbocycles. The maximum absolute atomic E-state index is 13.7. The molecule has 0 saturated carbocycles. The summed E-state index contributed by atoms with van der Waals surface area (Å²) < 4.78 is 0. The van der Waals surface area contributed by atoms with E-state index in [0.29, 0.717) is 28.1 Å². The van der Waals surface area contributed by atoms with Crippen LogP contribution in [0.4, 0.5) is 0 Å². The lowest BCUT2D eigenvalue weighted by Crippen LogP contribution is -2.37. The van der Waals surface area contributed by atoms with Crippen LogP contribution < -0.4 is 0 Å². The molecule has 3 aromatic rings. The van der Waals surface area contributed by atoms with Crippen LogP contribution in [0.5, 0.6) is 0 Å². The monoisotopic (exact) mass is 428 g/mol. The van der Waals surface area contributed by atoms with Crippen LogP contribution in [0.15, 0.2) is 96.1 Å². The van der Waals surface area contributed by atoms with E-state index in [9.17, 15) is 14.4 Å². The van der Waals surface area contributed by atoms with Gasteiger partial charge in [-0.25, -0.2) is 0 Å². The Morgan fingerprint density at radius 3 is 1.94 bits per heavy atom. The predicted molar refractivity (Wildman–Crippen MR) is 122 cm³/mol. The Balaban J connectivity index is 1.81. The summed E-state index contributed by atoms with van der Waals surface area (Å²) in [6.45, 7) is 1.81. The van der Waals surface area contributed by atoms with Crippen LogP contribution in [-0.2, 0) is 4.79 Å². The van der Waals surface area contributed by atoms with E-state index < -0.39 is 11.7 Å². The molecular weight excluding hydrogens is 408 g/mol. The molecule has 0 bridgehead atoms. The minimum atomic E-state index is -0.963. The fourth-order valence-electron chi connectivity index (χ4n) is 4.24. The first-order chi connectivity index (χ1) is 15.0. The molecule has 154 valence electrons.